The van der Waals surface area contributed by atoms with E-state index in [4.69, 9.17) is 0 Å². The van der Waals surface area contributed by atoms with Gasteiger partial charge in [0.05, 0.1) is 21.9 Å². The lowest BCUT2D eigenvalue weighted by molar-refractivity contribution is -0.127. The Labute approximate surface area is 182 Å². The third-order valence-electron chi connectivity index (χ3n) is 4.66. The van der Waals surface area contributed by atoms with Crippen LogP contribution in [0.1, 0.15) is 28.1 Å². The summed E-state index contributed by atoms with van der Waals surface area (Å²) in [5, 5.41) is 5.43. The number of thiophene rings is 1. The van der Waals surface area contributed by atoms with Gasteiger partial charge in [0.15, 0.2) is 5.13 Å². The zero-order valence-electron chi connectivity index (χ0n) is 16.0. The van der Waals surface area contributed by atoms with Crippen LogP contribution in [-0.2, 0) is 4.79 Å². The Balaban J connectivity index is 1.42. The Morgan fingerprint density at radius 3 is 2.72 bits per heavy atom. The fourth-order valence-corrected chi connectivity index (χ4v) is 5.72. The van der Waals surface area contributed by atoms with Crippen molar-refractivity contribution in [2.75, 3.05) is 24.2 Å². The van der Waals surface area contributed by atoms with Crippen LogP contribution in [0.3, 0.4) is 0 Å². The lowest BCUT2D eigenvalue weighted by Gasteiger charge is -2.15. The van der Waals surface area contributed by atoms with Crippen molar-refractivity contribution in [1.82, 2.24) is 9.88 Å². The van der Waals surface area contributed by atoms with E-state index in [1.165, 1.54) is 28.0 Å². The highest BCUT2D eigenvalue weighted by atomic mass is 32.2. The van der Waals surface area contributed by atoms with E-state index >= 15 is 0 Å². The monoisotopic (exact) mass is 443 g/mol. The lowest BCUT2D eigenvalue weighted by atomic mass is 10.2. The number of carbonyl (C=O) groups is 2. The van der Waals surface area contributed by atoms with Crippen LogP contribution in [-0.4, -0.2) is 40.5 Å². The quantitative estimate of drug-likeness (QED) is 0.536. The molecule has 1 aliphatic heterocycles. The maximum atomic E-state index is 12.8. The second-order valence-corrected chi connectivity index (χ2v) is 9.94. The van der Waals surface area contributed by atoms with Crippen molar-refractivity contribution in [1.29, 1.82) is 0 Å². The van der Waals surface area contributed by atoms with Gasteiger partial charge in [-0.3, -0.25) is 14.9 Å². The van der Waals surface area contributed by atoms with Crippen LogP contribution < -0.4 is 5.32 Å². The molecule has 1 aliphatic rings. The van der Waals surface area contributed by atoms with Crippen molar-refractivity contribution in [3.8, 4) is 10.6 Å². The average Bonchev–Trinajstić information content (AvgIpc) is 3.48. The summed E-state index contributed by atoms with van der Waals surface area (Å²) < 4.78 is 0. The van der Waals surface area contributed by atoms with E-state index in [-0.39, 0.29) is 11.8 Å². The van der Waals surface area contributed by atoms with Crippen molar-refractivity contribution in [3.05, 3.63) is 52.2 Å². The van der Waals surface area contributed by atoms with Gasteiger partial charge in [0.25, 0.3) is 5.91 Å². The molecule has 150 valence electrons. The Hall–Kier alpha value is -2.16. The van der Waals surface area contributed by atoms with E-state index in [0.717, 1.165) is 41.4 Å². The summed E-state index contributed by atoms with van der Waals surface area (Å²) in [6.07, 6.45) is 2.16. The first kappa shape index (κ1) is 20.1. The molecule has 1 aromatic carbocycles. The summed E-state index contributed by atoms with van der Waals surface area (Å²) in [7, 11) is 0. The van der Waals surface area contributed by atoms with Gasteiger partial charge in [-0.15, -0.1) is 34.4 Å². The van der Waals surface area contributed by atoms with E-state index in [2.05, 4.69) is 23.3 Å². The Morgan fingerprint density at radius 2 is 1.97 bits per heavy atom. The highest BCUT2D eigenvalue weighted by Gasteiger charge is 2.19. The van der Waals surface area contributed by atoms with Crippen LogP contribution in [0, 0.1) is 6.92 Å². The van der Waals surface area contributed by atoms with Crippen molar-refractivity contribution in [2.24, 2.45) is 0 Å². The number of carbonyl (C=O) groups excluding carboxylic acids is 2. The number of hydrogen-bond acceptors (Lipinski definition) is 6. The molecule has 1 saturated heterocycles. The molecule has 2 amide bonds. The molecular formula is C21H21N3O2S3. The van der Waals surface area contributed by atoms with Crippen molar-refractivity contribution >= 4 is 51.4 Å². The van der Waals surface area contributed by atoms with E-state index in [9.17, 15) is 9.59 Å². The van der Waals surface area contributed by atoms with Gasteiger partial charge in [0.1, 0.15) is 0 Å². The molecule has 0 radical (unpaired) electrons. The zero-order chi connectivity index (χ0) is 20.2. The highest BCUT2D eigenvalue weighted by molar-refractivity contribution is 8.00. The molecule has 3 heterocycles. The lowest BCUT2D eigenvalue weighted by Crippen LogP contribution is -2.29. The van der Waals surface area contributed by atoms with E-state index in [0.29, 0.717) is 16.4 Å². The number of aryl methyl sites for hydroxylation is 1. The summed E-state index contributed by atoms with van der Waals surface area (Å²) >= 11 is 4.52. The van der Waals surface area contributed by atoms with Crippen LogP contribution in [0.5, 0.6) is 0 Å². The van der Waals surface area contributed by atoms with Crippen molar-refractivity contribution in [3.63, 3.8) is 0 Å². The second kappa shape index (κ2) is 9.11. The number of nitrogens with zero attached hydrogens (tertiary/aromatic N) is 2. The first-order valence-electron chi connectivity index (χ1n) is 9.43. The predicted octanol–water partition coefficient (Wildman–Crippen LogP) is 5.15. The number of benzene rings is 1. The SMILES string of the molecule is Cc1ccc(-c2csc(NC(=O)c3ccccc3SCC(=O)N3CCCC3)n2)s1. The van der Waals surface area contributed by atoms with Gasteiger partial charge in [-0.05, 0) is 44.0 Å². The molecule has 4 rings (SSSR count). The molecule has 0 saturated carbocycles. The fourth-order valence-electron chi connectivity index (χ4n) is 3.16. The molecular weight excluding hydrogens is 422 g/mol. The third kappa shape index (κ3) is 4.88. The van der Waals surface area contributed by atoms with Crippen LogP contribution >= 0.6 is 34.4 Å². The first-order valence-corrected chi connectivity index (χ1v) is 12.1. The third-order valence-corrected chi connectivity index (χ3v) is 7.50. The van der Waals surface area contributed by atoms with Gasteiger partial charge in [-0.1, -0.05) is 12.1 Å². The number of thiazole rings is 1. The molecule has 5 nitrogen and oxygen atoms in total. The number of thioether (sulfide) groups is 1. The minimum atomic E-state index is -0.204. The molecule has 29 heavy (non-hydrogen) atoms. The van der Waals surface area contributed by atoms with Gasteiger partial charge in [0, 0.05) is 28.2 Å². The molecule has 1 fully saturated rings. The van der Waals surface area contributed by atoms with Gasteiger partial charge < -0.3 is 4.90 Å². The summed E-state index contributed by atoms with van der Waals surface area (Å²) in [6, 6.07) is 11.5. The molecule has 0 aliphatic carbocycles. The number of aromatic nitrogens is 1. The number of amides is 2. The maximum absolute atomic E-state index is 12.8. The zero-order valence-corrected chi connectivity index (χ0v) is 18.5. The van der Waals surface area contributed by atoms with Crippen LogP contribution in [0.2, 0.25) is 0 Å². The summed E-state index contributed by atoms with van der Waals surface area (Å²) in [5.74, 6) is 0.284. The Bertz CT molecular complexity index is 1020. The molecule has 3 aromatic rings. The summed E-state index contributed by atoms with van der Waals surface area (Å²) in [4.78, 5) is 34.7. The topological polar surface area (TPSA) is 62.3 Å². The van der Waals surface area contributed by atoms with Gasteiger partial charge in [-0.25, -0.2) is 4.98 Å². The summed E-state index contributed by atoms with van der Waals surface area (Å²) in [5.41, 5.74) is 1.44. The van der Waals surface area contributed by atoms with Gasteiger partial charge >= 0.3 is 0 Å². The smallest absolute Gasteiger partial charge is 0.258 e. The molecule has 0 bridgehead atoms. The highest BCUT2D eigenvalue weighted by Crippen LogP contribution is 2.31. The normalized spacial score (nSPS) is 13.6. The molecule has 2 aromatic heterocycles. The second-order valence-electron chi connectivity index (χ2n) is 6.78. The van der Waals surface area contributed by atoms with E-state index in [1.54, 1.807) is 17.4 Å². The molecule has 0 spiro atoms. The standard InChI is InChI=1S/C21H21N3O2S3/c1-14-8-9-18(29-14)16-12-28-21(22-16)23-20(26)15-6-2-3-7-17(15)27-13-19(25)24-10-4-5-11-24/h2-3,6-9,12H,4-5,10-11,13H2,1H3,(H,22,23,26). The van der Waals surface area contributed by atoms with E-state index < -0.39 is 0 Å². The van der Waals surface area contributed by atoms with Crippen molar-refractivity contribution < 1.29 is 9.59 Å². The number of likely N-dealkylation sites (tertiary alicyclic amines) is 1. The minimum absolute atomic E-state index is 0.138. The first-order chi connectivity index (χ1) is 14.1. The summed E-state index contributed by atoms with van der Waals surface area (Å²) in [6.45, 7) is 3.75. The molecule has 8 heteroatoms. The number of hydrogen-bond donors (Lipinski definition) is 1. The van der Waals surface area contributed by atoms with Crippen LogP contribution in [0.4, 0.5) is 5.13 Å². The fraction of sp³-hybridized carbons (Fsp3) is 0.286. The van der Waals surface area contributed by atoms with Gasteiger partial charge in [0.2, 0.25) is 5.91 Å². The van der Waals surface area contributed by atoms with Crippen molar-refractivity contribution in [2.45, 2.75) is 24.7 Å². The largest absolute Gasteiger partial charge is 0.342 e. The molecule has 1 N–H and O–H groups in total. The Kier molecular flexibility index (Phi) is 6.32. The number of rotatable bonds is 6. The average molecular weight is 444 g/mol. The number of nitrogens with one attached hydrogen (secondary N) is 1. The Morgan fingerprint density at radius 1 is 1.17 bits per heavy atom. The predicted molar refractivity (Wildman–Crippen MR) is 121 cm³/mol. The number of anilines is 1. The molecule has 0 atom stereocenters. The molecule has 0 unspecified atom stereocenters. The van der Waals surface area contributed by atoms with E-state index in [1.807, 2.05) is 34.5 Å². The van der Waals surface area contributed by atoms with Gasteiger partial charge in [-0.2, -0.15) is 0 Å². The van der Waals surface area contributed by atoms with Crippen LogP contribution in [0.25, 0.3) is 10.6 Å². The maximum Gasteiger partial charge on any atom is 0.258 e. The van der Waals surface area contributed by atoms with Crippen LogP contribution in [0.15, 0.2) is 46.7 Å². The minimum Gasteiger partial charge on any atom is -0.342 e.